The van der Waals surface area contributed by atoms with Crippen LogP contribution in [-0.4, -0.2) is 71.8 Å². The Labute approximate surface area is 400 Å². The first-order valence-corrected chi connectivity index (χ1v) is 28.9. The fourth-order valence-electron chi connectivity index (χ4n) is 8.32. The Morgan fingerprint density at radius 3 is 1.79 bits per heavy atom. The van der Waals surface area contributed by atoms with Crippen molar-refractivity contribution in [2.24, 2.45) is 5.92 Å². The quantitative estimate of drug-likeness (QED) is 0.0212. The molecule has 0 saturated carbocycles. The molecular formula is C53H92IN2O6S-. The summed E-state index contributed by atoms with van der Waals surface area (Å²) in [6.45, 7) is 9.43. The molecule has 0 bridgehead atoms. The number of carbonyl (C=O) groups is 4. The standard InChI is InChI=1S/C53H92IN2O6S/c1-6-9-12-15-17-18-19-20-21-22-23-24-25-27-32-38-49(58)56-41-39-46-47(44-56)63-51(50(46)53(60)62-43-34-40-55(4)5)54-48(57)37-31-28-33-42-61-52(59)45(35-29-14-11-8-3)36-30-26-16-13-10-7-2/h20-21,45H,6-19,22-44H2,1-5H3/q-1/b21-20-. The molecule has 0 N–H and O–H groups in total. The molecule has 364 valence electrons. The minimum atomic E-state index is -1.05. The number of thiophene rings is 1. The van der Waals surface area contributed by atoms with E-state index in [0.717, 1.165) is 90.5 Å². The predicted molar refractivity (Wildman–Crippen MR) is 260 cm³/mol. The van der Waals surface area contributed by atoms with Gasteiger partial charge in [-0.15, -0.1) is 0 Å². The van der Waals surface area contributed by atoms with E-state index in [2.05, 4.69) is 37.8 Å². The van der Waals surface area contributed by atoms with Crippen LogP contribution in [0.3, 0.4) is 0 Å². The molecule has 0 radical (unpaired) electrons. The van der Waals surface area contributed by atoms with Gasteiger partial charge in [0.05, 0.1) is 0 Å². The average Bonchev–Trinajstić information content (AvgIpc) is 3.63. The zero-order valence-electron chi connectivity index (χ0n) is 41.0. The third kappa shape index (κ3) is 27.5. The van der Waals surface area contributed by atoms with Crippen molar-refractivity contribution < 1.29 is 49.9 Å². The summed E-state index contributed by atoms with van der Waals surface area (Å²) in [7, 11) is 4.01. The second kappa shape index (κ2) is 38.3. The number of unbranched alkanes of at least 4 members (excludes halogenated alkanes) is 21. The van der Waals surface area contributed by atoms with Gasteiger partial charge in [-0.1, -0.05) is 104 Å². The summed E-state index contributed by atoms with van der Waals surface area (Å²) in [5.74, 6) is -0.151. The normalized spacial score (nSPS) is 13.3. The Balaban J connectivity index is 1.82. The molecule has 1 aromatic heterocycles. The van der Waals surface area contributed by atoms with Gasteiger partial charge >= 0.3 is 280 Å². The molecule has 0 saturated heterocycles. The molecule has 2 rings (SSSR count). The number of hydrogen-bond acceptors (Lipinski definition) is 8. The maximum absolute atomic E-state index is 13.6. The van der Waals surface area contributed by atoms with E-state index >= 15 is 0 Å². The van der Waals surface area contributed by atoms with Crippen molar-refractivity contribution in [1.82, 2.24) is 9.80 Å². The van der Waals surface area contributed by atoms with E-state index in [4.69, 9.17) is 9.47 Å². The summed E-state index contributed by atoms with van der Waals surface area (Å²) in [4.78, 5) is 58.5. The molecule has 1 amide bonds. The Kier molecular flexibility index (Phi) is 34.9. The summed E-state index contributed by atoms with van der Waals surface area (Å²) in [5.41, 5.74) is 1.61. The van der Waals surface area contributed by atoms with Crippen molar-refractivity contribution in [3.8, 4) is 0 Å². The fourth-order valence-corrected chi connectivity index (χ4v) is 13.1. The van der Waals surface area contributed by atoms with E-state index in [1.54, 1.807) is 11.3 Å². The number of rotatable bonds is 41. The van der Waals surface area contributed by atoms with Gasteiger partial charge in [-0.05, 0) is 19.3 Å². The molecule has 1 atom stereocenters. The Bertz CT molecular complexity index is 1400. The van der Waals surface area contributed by atoms with Gasteiger partial charge in [-0.25, -0.2) is 0 Å². The van der Waals surface area contributed by atoms with E-state index in [9.17, 15) is 19.2 Å². The van der Waals surface area contributed by atoms with E-state index in [0.29, 0.717) is 51.1 Å². The van der Waals surface area contributed by atoms with Crippen LogP contribution < -0.4 is 21.2 Å². The van der Waals surface area contributed by atoms with Crippen molar-refractivity contribution in [2.75, 3.05) is 40.4 Å². The number of amides is 1. The number of nitrogens with zero attached hydrogens (tertiary/aromatic N) is 2. The van der Waals surface area contributed by atoms with Gasteiger partial charge in [0.2, 0.25) is 0 Å². The van der Waals surface area contributed by atoms with E-state index in [1.165, 1.54) is 116 Å². The summed E-state index contributed by atoms with van der Waals surface area (Å²) in [6.07, 6.45) is 39.4. The van der Waals surface area contributed by atoms with Crippen molar-refractivity contribution in [3.63, 3.8) is 0 Å². The number of carbonyl (C=O) groups excluding carboxylic acids is 4. The molecule has 0 aromatic carbocycles. The Hall–Kier alpha value is -1.79. The summed E-state index contributed by atoms with van der Waals surface area (Å²) < 4.78 is 12.7. The first kappa shape index (κ1) is 57.3. The fraction of sp³-hybridized carbons (Fsp3) is 0.811. The van der Waals surface area contributed by atoms with Crippen LogP contribution in [0.1, 0.15) is 241 Å². The summed E-state index contributed by atoms with van der Waals surface area (Å²) >= 11 is 0.518. The van der Waals surface area contributed by atoms with Crippen LogP contribution in [-0.2, 0) is 36.8 Å². The SMILES string of the molecule is CCCCCCCC/C=C\CCCCCCCC(=O)N1CCc2c(sc([I-]C(=O)CCCCCOC(=O)C(CCCCCC)CCCCCCCC)c2C(=O)OCCCN(C)C)C1. The van der Waals surface area contributed by atoms with Gasteiger partial charge in [0, 0.05) is 0 Å². The molecular weight excluding hydrogens is 920 g/mol. The van der Waals surface area contributed by atoms with Crippen molar-refractivity contribution in [2.45, 2.75) is 233 Å². The van der Waals surface area contributed by atoms with Gasteiger partial charge in [0.1, 0.15) is 0 Å². The number of fused-ring (bicyclic) bond motifs is 1. The topological polar surface area (TPSA) is 93.2 Å². The molecule has 63 heavy (non-hydrogen) atoms. The van der Waals surface area contributed by atoms with E-state index in [-0.39, 0.29) is 27.6 Å². The van der Waals surface area contributed by atoms with E-state index < -0.39 is 21.2 Å². The monoisotopic (exact) mass is 1010 g/mol. The number of halogens is 1. The molecule has 1 aliphatic heterocycles. The molecule has 1 aliphatic rings. The van der Waals surface area contributed by atoms with Gasteiger partial charge < -0.3 is 0 Å². The number of esters is 2. The first-order valence-electron chi connectivity index (χ1n) is 25.9. The van der Waals surface area contributed by atoms with Crippen LogP contribution >= 0.6 is 11.3 Å². The molecule has 0 aliphatic carbocycles. The van der Waals surface area contributed by atoms with Gasteiger partial charge in [-0.3, -0.25) is 0 Å². The van der Waals surface area contributed by atoms with Crippen LogP contribution in [0.4, 0.5) is 0 Å². The molecule has 1 unspecified atom stereocenters. The second-order valence-corrected chi connectivity index (χ2v) is 23.0. The molecule has 0 spiro atoms. The average molecular weight is 1010 g/mol. The van der Waals surface area contributed by atoms with Crippen LogP contribution in [0.25, 0.3) is 0 Å². The molecule has 8 nitrogen and oxygen atoms in total. The number of allylic oxidation sites excluding steroid dienone is 2. The summed E-state index contributed by atoms with van der Waals surface area (Å²) in [6, 6.07) is 0. The maximum atomic E-state index is 13.6. The third-order valence-corrected chi connectivity index (χ3v) is 16.7. The first-order chi connectivity index (χ1) is 30.7. The second-order valence-electron chi connectivity index (χ2n) is 18.4. The van der Waals surface area contributed by atoms with E-state index in [1.807, 2.05) is 19.0 Å². The number of ether oxygens (including phenoxy) is 2. The Morgan fingerprint density at radius 1 is 0.651 bits per heavy atom. The van der Waals surface area contributed by atoms with Gasteiger partial charge in [0.15, 0.2) is 0 Å². The van der Waals surface area contributed by atoms with Crippen LogP contribution in [0, 0.1) is 8.80 Å². The van der Waals surface area contributed by atoms with Gasteiger partial charge in [-0.2, -0.15) is 0 Å². The zero-order valence-corrected chi connectivity index (χ0v) is 44.0. The molecule has 2 heterocycles. The predicted octanol–water partition coefficient (Wildman–Crippen LogP) is 11.0. The zero-order chi connectivity index (χ0) is 45.8. The van der Waals surface area contributed by atoms with Crippen molar-refractivity contribution >= 4 is 33.0 Å². The molecule has 10 heteroatoms. The third-order valence-electron chi connectivity index (χ3n) is 12.3. The van der Waals surface area contributed by atoms with Gasteiger partial charge in [0.25, 0.3) is 0 Å². The van der Waals surface area contributed by atoms with Crippen molar-refractivity contribution in [1.29, 1.82) is 0 Å². The molecule has 1 aromatic rings. The van der Waals surface area contributed by atoms with Crippen LogP contribution in [0.5, 0.6) is 0 Å². The van der Waals surface area contributed by atoms with Crippen molar-refractivity contribution in [3.05, 3.63) is 31.0 Å². The van der Waals surface area contributed by atoms with Crippen LogP contribution in [0.15, 0.2) is 12.2 Å². The Morgan fingerprint density at radius 2 is 1.17 bits per heavy atom. The minimum absolute atomic E-state index is 0.00652. The molecule has 0 fully saturated rings. The summed E-state index contributed by atoms with van der Waals surface area (Å²) in [5, 5.41) is 0. The number of hydrogen-bond donors (Lipinski definition) is 0. The van der Waals surface area contributed by atoms with Crippen LogP contribution in [0.2, 0.25) is 0 Å².